The number of rotatable bonds is 3. The Hall–Kier alpha value is -1.74. The second-order valence-corrected chi connectivity index (χ2v) is 10.2. The molecule has 2 saturated carbocycles. The van der Waals surface area contributed by atoms with Gasteiger partial charge in [0.05, 0.1) is 10.7 Å². The minimum atomic E-state index is 0.616. The first-order chi connectivity index (χ1) is 13.5. The van der Waals surface area contributed by atoms with Gasteiger partial charge in [0.15, 0.2) is 17.4 Å². The molecule has 2 aromatic rings. The zero-order valence-electron chi connectivity index (χ0n) is 17.5. The predicted octanol–water partition coefficient (Wildman–Crippen LogP) is 6.13. The summed E-state index contributed by atoms with van der Waals surface area (Å²) in [6, 6.07) is 14.0. The van der Waals surface area contributed by atoms with Crippen LogP contribution in [0.3, 0.4) is 0 Å². The Morgan fingerprint density at radius 2 is 1.86 bits per heavy atom. The molecule has 1 aromatic carbocycles. The lowest BCUT2D eigenvalue weighted by atomic mass is 9.83. The summed E-state index contributed by atoms with van der Waals surface area (Å²) >= 11 is 1.87. The summed E-state index contributed by atoms with van der Waals surface area (Å²) in [4.78, 5) is 3.66. The number of hydrogen-bond acceptors (Lipinski definition) is 2. The molecule has 0 radical (unpaired) electrons. The van der Waals surface area contributed by atoms with Crippen molar-refractivity contribution in [2.24, 2.45) is 17.8 Å². The molecule has 28 heavy (non-hydrogen) atoms. The number of aryl methyl sites for hydroxylation is 2. The van der Waals surface area contributed by atoms with Crippen LogP contribution in [0.1, 0.15) is 55.6 Å². The standard InChI is InChI=1S/C25H31N2S/c1-16-11-20(15-25-26(4)23-7-5-6-8-24(23)28-25)12-17(2)27(16)18(3)22-14-19-9-10-21(22)13-19/h5-8,11-12,15,18-19,21-22H,9-10,13-14H2,1-4H3/q+1. The van der Waals surface area contributed by atoms with Crippen LogP contribution in [0.25, 0.3) is 6.08 Å². The molecule has 2 bridgehead atoms. The Morgan fingerprint density at radius 1 is 1.11 bits per heavy atom. The van der Waals surface area contributed by atoms with Crippen LogP contribution in [-0.4, -0.2) is 7.05 Å². The minimum Gasteiger partial charge on any atom is -0.338 e. The maximum absolute atomic E-state index is 2.60. The van der Waals surface area contributed by atoms with Crippen LogP contribution in [0, 0.1) is 31.6 Å². The van der Waals surface area contributed by atoms with Crippen molar-refractivity contribution in [3.63, 3.8) is 0 Å². The van der Waals surface area contributed by atoms with Crippen molar-refractivity contribution in [1.29, 1.82) is 0 Å². The fourth-order valence-corrected chi connectivity index (χ4v) is 7.24. The van der Waals surface area contributed by atoms with E-state index in [2.05, 4.69) is 79.8 Å². The Balaban J connectivity index is 1.43. The van der Waals surface area contributed by atoms with E-state index in [0.717, 1.165) is 17.8 Å². The largest absolute Gasteiger partial charge is 0.338 e. The van der Waals surface area contributed by atoms with Crippen LogP contribution in [0.4, 0.5) is 5.69 Å². The van der Waals surface area contributed by atoms with Gasteiger partial charge in [0.2, 0.25) is 0 Å². The van der Waals surface area contributed by atoms with E-state index < -0.39 is 0 Å². The molecule has 2 fully saturated rings. The SMILES string of the molecule is Cc1cc(/C=C2\Sc3ccccc3N2C)cc(C)[n+]1C(C)C1CC2CCC1C2. The van der Waals surface area contributed by atoms with Gasteiger partial charge in [0.25, 0.3) is 0 Å². The summed E-state index contributed by atoms with van der Waals surface area (Å²) < 4.78 is 2.60. The summed E-state index contributed by atoms with van der Waals surface area (Å²) in [5.41, 5.74) is 5.41. The van der Waals surface area contributed by atoms with Gasteiger partial charge in [-0.05, 0) is 61.8 Å². The molecule has 0 spiro atoms. The number of para-hydroxylation sites is 1. The molecule has 2 nitrogen and oxygen atoms in total. The fourth-order valence-electron chi connectivity index (χ4n) is 6.13. The van der Waals surface area contributed by atoms with Crippen LogP contribution < -0.4 is 9.47 Å². The molecule has 146 valence electrons. The number of nitrogens with zero attached hydrogens (tertiary/aromatic N) is 2. The number of pyridine rings is 1. The molecular weight excluding hydrogens is 360 g/mol. The third kappa shape index (κ3) is 2.99. The Labute approximate surface area is 173 Å². The van der Waals surface area contributed by atoms with Gasteiger partial charge in [-0.3, -0.25) is 0 Å². The molecule has 0 N–H and O–H groups in total. The van der Waals surface area contributed by atoms with Crippen LogP contribution >= 0.6 is 11.8 Å². The number of thioether (sulfide) groups is 1. The molecule has 4 atom stereocenters. The lowest BCUT2D eigenvalue weighted by Gasteiger charge is -2.26. The number of benzene rings is 1. The number of fused-ring (bicyclic) bond motifs is 3. The average Bonchev–Trinajstić information content (AvgIpc) is 3.37. The molecule has 1 aromatic heterocycles. The number of anilines is 1. The van der Waals surface area contributed by atoms with E-state index in [1.54, 1.807) is 0 Å². The van der Waals surface area contributed by atoms with Gasteiger partial charge in [-0.25, -0.2) is 0 Å². The third-order valence-corrected chi connectivity index (χ3v) is 8.56. The summed E-state index contributed by atoms with van der Waals surface area (Å²) in [7, 11) is 2.17. The van der Waals surface area contributed by atoms with Crippen LogP contribution in [0.5, 0.6) is 0 Å². The predicted molar refractivity (Wildman–Crippen MR) is 118 cm³/mol. The lowest BCUT2D eigenvalue weighted by molar-refractivity contribution is -0.738. The third-order valence-electron chi connectivity index (χ3n) is 7.39. The normalized spacial score (nSPS) is 28.2. The molecule has 0 amide bonds. The van der Waals surface area contributed by atoms with Crippen LogP contribution in [0.2, 0.25) is 0 Å². The summed E-state index contributed by atoms with van der Waals surface area (Å²) in [5, 5.41) is 1.30. The number of aromatic nitrogens is 1. The first-order valence-electron chi connectivity index (χ1n) is 10.8. The van der Waals surface area contributed by atoms with E-state index in [-0.39, 0.29) is 0 Å². The zero-order valence-corrected chi connectivity index (χ0v) is 18.3. The Morgan fingerprint density at radius 3 is 2.50 bits per heavy atom. The van der Waals surface area contributed by atoms with E-state index in [9.17, 15) is 0 Å². The van der Waals surface area contributed by atoms with Gasteiger partial charge >= 0.3 is 0 Å². The van der Waals surface area contributed by atoms with Gasteiger partial charge in [0, 0.05) is 43.8 Å². The van der Waals surface area contributed by atoms with E-state index in [1.807, 2.05) is 11.8 Å². The maximum Gasteiger partial charge on any atom is 0.179 e. The van der Waals surface area contributed by atoms with E-state index in [1.165, 1.54) is 58.2 Å². The summed E-state index contributed by atoms with van der Waals surface area (Å²) in [6.07, 6.45) is 8.23. The first kappa shape index (κ1) is 18.3. The summed E-state index contributed by atoms with van der Waals surface area (Å²) in [6.45, 7) is 7.04. The Bertz CT molecular complexity index is 924. The maximum atomic E-state index is 2.60. The quantitative estimate of drug-likeness (QED) is 0.581. The average molecular weight is 392 g/mol. The second kappa shape index (κ2) is 6.95. The zero-order chi connectivity index (χ0) is 19.4. The molecule has 2 aliphatic carbocycles. The first-order valence-corrected chi connectivity index (χ1v) is 11.6. The molecular formula is C25H31N2S+. The topological polar surface area (TPSA) is 7.12 Å². The molecule has 3 aliphatic rings. The highest BCUT2D eigenvalue weighted by atomic mass is 32.2. The Kier molecular flexibility index (Phi) is 4.54. The molecule has 5 rings (SSSR count). The van der Waals surface area contributed by atoms with E-state index >= 15 is 0 Å². The molecule has 1 aliphatic heterocycles. The van der Waals surface area contributed by atoms with Crippen molar-refractivity contribution < 1.29 is 4.57 Å². The second-order valence-electron chi connectivity index (χ2n) is 9.13. The molecule has 3 heteroatoms. The summed E-state index contributed by atoms with van der Waals surface area (Å²) in [5.74, 6) is 2.85. The van der Waals surface area contributed by atoms with E-state index in [4.69, 9.17) is 0 Å². The van der Waals surface area contributed by atoms with Crippen LogP contribution in [0.15, 0.2) is 46.3 Å². The molecule has 0 saturated heterocycles. The minimum absolute atomic E-state index is 0.616. The molecule has 2 heterocycles. The smallest absolute Gasteiger partial charge is 0.179 e. The highest BCUT2D eigenvalue weighted by molar-refractivity contribution is 8.03. The van der Waals surface area contributed by atoms with Crippen molar-refractivity contribution in [2.75, 3.05) is 11.9 Å². The van der Waals surface area contributed by atoms with Gasteiger partial charge < -0.3 is 4.90 Å². The van der Waals surface area contributed by atoms with Gasteiger partial charge in [-0.2, -0.15) is 4.57 Å². The monoisotopic (exact) mass is 391 g/mol. The van der Waals surface area contributed by atoms with Crippen molar-refractivity contribution >= 4 is 23.5 Å². The highest BCUT2D eigenvalue weighted by Gasteiger charge is 2.45. The number of hydrogen-bond donors (Lipinski definition) is 0. The van der Waals surface area contributed by atoms with Gasteiger partial charge in [0.1, 0.15) is 0 Å². The molecule has 4 unspecified atom stereocenters. The van der Waals surface area contributed by atoms with Crippen molar-refractivity contribution in [3.8, 4) is 0 Å². The van der Waals surface area contributed by atoms with Gasteiger partial charge in [-0.15, -0.1) is 0 Å². The van der Waals surface area contributed by atoms with Crippen molar-refractivity contribution in [2.45, 2.75) is 57.4 Å². The van der Waals surface area contributed by atoms with E-state index in [0.29, 0.717) is 6.04 Å². The highest BCUT2D eigenvalue weighted by Crippen LogP contribution is 2.51. The van der Waals surface area contributed by atoms with Crippen molar-refractivity contribution in [1.82, 2.24) is 0 Å². The van der Waals surface area contributed by atoms with Gasteiger partial charge in [-0.1, -0.05) is 30.3 Å². The van der Waals surface area contributed by atoms with Crippen molar-refractivity contribution in [3.05, 3.63) is 58.4 Å². The van der Waals surface area contributed by atoms with Crippen LogP contribution in [-0.2, 0) is 0 Å². The fraction of sp³-hybridized carbons (Fsp3) is 0.480. The lowest BCUT2D eigenvalue weighted by Crippen LogP contribution is -2.48.